The average molecular weight is 313 g/mol. The topological polar surface area (TPSA) is 45.4 Å². The molecule has 7 heteroatoms. The highest BCUT2D eigenvalue weighted by atomic mass is 35.5. The molecule has 0 bridgehead atoms. The molecule has 1 aromatic heterocycles. The summed E-state index contributed by atoms with van der Waals surface area (Å²) in [6, 6.07) is 2.89. The molecule has 0 aliphatic carbocycles. The summed E-state index contributed by atoms with van der Waals surface area (Å²) in [5.41, 5.74) is 7.16. The number of aromatic nitrogens is 1. The predicted octanol–water partition coefficient (Wildman–Crippen LogP) is 2.84. The zero-order valence-corrected chi connectivity index (χ0v) is 12.3. The molecule has 0 spiro atoms. The number of benzene rings is 1. The molecule has 2 N–H and O–H groups in total. The molecule has 1 aromatic carbocycles. The number of nitrogen functional groups attached to an aromatic ring is 1. The highest BCUT2D eigenvalue weighted by Crippen LogP contribution is 2.30. The molecule has 2 heterocycles. The van der Waals surface area contributed by atoms with Crippen LogP contribution in [0.2, 0.25) is 5.02 Å². The fourth-order valence-corrected chi connectivity index (χ4v) is 3.21. The summed E-state index contributed by atoms with van der Waals surface area (Å²) in [5.74, 6) is -0.432. The first-order valence-corrected chi connectivity index (χ1v) is 7.55. The number of piperazine rings is 1. The lowest BCUT2D eigenvalue weighted by Gasteiger charge is -2.36. The van der Waals surface area contributed by atoms with Crippen LogP contribution in [-0.2, 0) is 0 Å². The summed E-state index contributed by atoms with van der Waals surface area (Å²) < 4.78 is 13.6. The van der Waals surface area contributed by atoms with Crippen LogP contribution in [0.5, 0.6) is 0 Å². The van der Waals surface area contributed by atoms with Crippen LogP contribution in [0.4, 0.5) is 20.9 Å². The van der Waals surface area contributed by atoms with Gasteiger partial charge in [-0.3, -0.25) is 0 Å². The van der Waals surface area contributed by atoms with Crippen LogP contribution < -0.4 is 15.5 Å². The lowest BCUT2D eigenvalue weighted by molar-refractivity contribution is 0.621. The van der Waals surface area contributed by atoms with Gasteiger partial charge in [0.1, 0.15) is 5.82 Å². The molecule has 106 valence electrons. The second kappa shape index (κ2) is 5.46. The van der Waals surface area contributed by atoms with E-state index in [4.69, 9.17) is 17.3 Å². The summed E-state index contributed by atoms with van der Waals surface area (Å²) in [4.78, 5) is 8.61. The van der Waals surface area contributed by atoms with Crippen molar-refractivity contribution in [2.45, 2.75) is 0 Å². The second-order valence-corrected chi connectivity index (χ2v) is 5.89. The molecule has 0 amide bonds. The predicted molar refractivity (Wildman–Crippen MR) is 82.4 cm³/mol. The summed E-state index contributed by atoms with van der Waals surface area (Å²) in [6.45, 7) is 3.25. The van der Waals surface area contributed by atoms with Crippen molar-refractivity contribution >= 4 is 39.4 Å². The maximum Gasteiger partial charge on any atom is 0.185 e. The van der Waals surface area contributed by atoms with Gasteiger partial charge in [0, 0.05) is 43.8 Å². The van der Waals surface area contributed by atoms with Gasteiger partial charge in [-0.1, -0.05) is 11.6 Å². The standard InChI is InChI=1S/C13H14ClFN4S/c14-9-7-11(16)12(8-10(9)15)18-2-4-19(5-3-18)13-17-1-6-20-13/h1,6-8H,2-5,16H2. The fraction of sp³-hybridized carbons (Fsp3) is 0.308. The average Bonchev–Trinajstić information content (AvgIpc) is 2.97. The van der Waals surface area contributed by atoms with E-state index in [1.165, 1.54) is 12.1 Å². The Morgan fingerprint density at radius 2 is 1.90 bits per heavy atom. The van der Waals surface area contributed by atoms with E-state index in [9.17, 15) is 4.39 Å². The Hall–Kier alpha value is -1.53. The molecule has 0 atom stereocenters. The molecular formula is C13H14ClFN4S. The molecule has 20 heavy (non-hydrogen) atoms. The fourth-order valence-electron chi connectivity index (χ4n) is 2.34. The lowest BCUT2D eigenvalue weighted by atomic mass is 10.2. The van der Waals surface area contributed by atoms with Crippen molar-refractivity contribution in [3.8, 4) is 0 Å². The van der Waals surface area contributed by atoms with Crippen molar-refractivity contribution in [1.29, 1.82) is 0 Å². The van der Waals surface area contributed by atoms with Gasteiger partial charge < -0.3 is 15.5 Å². The number of nitrogens with two attached hydrogens (primary N) is 1. The molecule has 1 saturated heterocycles. The minimum atomic E-state index is -0.432. The van der Waals surface area contributed by atoms with E-state index in [2.05, 4.69) is 14.8 Å². The Morgan fingerprint density at radius 3 is 2.55 bits per heavy atom. The Morgan fingerprint density at radius 1 is 1.20 bits per heavy atom. The SMILES string of the molecule is Nc1cc(Cl)c(F)cc1N1CCN(c2nccs2)CC1. The summed E-state index contributed by atoms with van der Waals surface area (Å²) >= 11 is 7.36. The molecule has 0 radical (unpaired) electrons. The third kappa shape index (κ3) is 2.53. The van der Waals surface area contributed by atoms with Crippen molar-refractivity contribution < 1.29 is 4.39 Å². The van der Waals surface area contributed by atoms with Gasteiger partial charge in [0.05, 0.1) is 16.4 Å². The van der Waals surface area contributed by atoms with Crippen molar-refractivity contribution in [1.82, 2.24) is 4.98 Å². The number of halogens is 2. The van der Waals surface area contributed by atoms with E-state index < -0.39 is 5.82 Å². The smallest absolute Gasteiger partial charge is 0.185 e. The number of hydrogen-bond acceptors (Lipinski definition) is 5. The number of anilines is 3. The third-order valence-electron chi connectivity index (χ3n) is 3.38. The molecular weight excluding hydrogens is 299 g/mol. The minimum absolute atomic E-state index is 0.0627. The van der Waals surface area contributed by atoms with E-state index >= 15 is 0 Å². The van der Waals surface area contributed by atoms with Crippen LogP contribution in [0.15, 0.2) is 23.7 Å². The minimum Gasteiger partial charge on any atom is -0.397 e. The van der Waals surface area contributed by atoms with Gasteiger partial charge in [-0.2, -0.15) is 0 Å². The Labute approximate surface area is 125 Å². The number of thiazole rings is 1. The Balaban J connectivity index is 1.74. The maximum atomic E-state index is 13.6. The molecule has 2 aromatic rings. The van der Waals surface area contributed by atoms with Crippen molar-refractivity contribution in [3.63, 3.8) is 0 Å². The van der Waals surface area contributed by atoms with Gasteiger partial charge in [-0.15, -0.1) is 11.3 Å². The van der Waals surface area contributed by atoms with Gasteiger partial charge >= 0.3 is 0 Å². The van der Waals surface area contributed by atoms with E-state index in [-0.39, 0.29) is 5.02 Å². The largest absolute Gasteiger partial charge is 0.397 e. The van der Waals surface area contributed by atoms with Crippen LogP contribution in [-0.4, -0.2) is 31.2 Å². The summed E-state index contributed by atoms with van der Waals surface area (Å²) in [5, 5.41) is 3.06. The zero-order chi connectivity index (χ0) is 14.1. The van der Waals surface area contributed by atoms with Gasteiger partial charge in [-0.05, 0) is 6.07 Å². The summed E-state index contributed by atoms with van der Waals surface area (Å²) in [6.07, 6.45) is 1.80. The van der Waals surface area contributed by atoms with Crippen LogP contribution in [0, 0.1) is 5.82 Å². The van der Waals surface area contributed by atoms with Crippen LogP contribution in [0.1, 0.15) is 0 Å². The van der Waals surface area contributed by atoms with Crippen LogP contribution in [0.25, 0.3) is 0 Å². The van der Waals surface area contributed by atoms with Crippen LogP contribution in [0.3, 0.4) is 0 Å². The normalized spacial score (nSPS) is 15.7. The highest BCUT2D eigenvalue weighted by molar-refractivity contribution is 7.13. The van der Waals surface area contributed by atoms with Crippen molar-refractivity contribution in [2.24, 2.45) is 0 Å². The van der Waals surface area contributed by atoms with Gasteiger partial charge in [-0.25, -0.2) is 9.37 Å². The third-order valence-corrected chi connectivity index (χ3v) is 4.50. The van der Waals surface area contributed by atoms with E-state index in [0.717, 1.165) is 31.3 Å². The Kier molecular flexibility index (Phi) is 3.67. The molecule has 1 fully saturated rings. The number of nitrogens with zero attached hydrogens (tertiary/aromatic N) is 3. The first-order chi connectivity index (χ1) is 9.65. The molecule has 1 aliphatic rings. The first-order valence-electron chi connectivity index (χ1n) is 6.29. The Bertz CT molecular complexity index is 597. The van der Waals surface area contributed by atoms with Gasteiger partial charge in [0.25, 0.3) is 0 Å². The quantitative estimate of drug-likeness (QED) is 0.866. The maximum absolute atomic E-state index is 13.6. The molecule has 1 aliphatic heterocycles. The molecule has 3 rings (SSSR count). The van der Waals surface area contributed by atoms with Gasteiger partial charge in [0.2, 0.25) is 0 Å². The molecule has 0 unspecified atom stereocenters. The highest BCUT2D eigenvalue weighted by Gasteiger charge is 2.21. The van der Waals surface area contributed by atoms with E-state index in [1.54, 1.807) is 17.5 Å². The molecule has 4 nitrogen and oxygen atoms in total. The monoisotopic (exact) mass is 312 g/mol. The number of hydrogen-bond donors (Lipinski definition) is 1. The lowest BCUT2D eigenvalue weighted by Crippen LogP contribution is -2.46. The zero-order valence-electron chi connectivity index (χ0n) is 10.7. The van der Waals surface area contributed by atoms with Crippen molar-refractivity contribution in [2.75, 3.05) is 41.7 Å². The van der Waals surface area contributed by atoms with E-state index in [0.29, 0.717) is 11.4 Å². The van der Waals surface area contributed by atoms with Crippen molar-refractivity contribution in [3.05, 3.63) is 34.5 Å². The van der Waals surface area contributed by atoms with E-state index in [1.807, 2.05) is 5.38 Å². The van der Waals surface area contributed by atoms with Gasteiger partial charge in [0.15, 0.2) is 5.13 Å². The summed E-state index contributed by atoms with van der Waals surface area (Å²) in [7, 11) is 0. The molecule has 0 saturated carbocycles. The first kappa shape index (κ1) is 13.5. The second-order valence-electron chi connectivity index (χ2n) is 4.61. The number of rotatable bonds is 2. The van der Waals surface area contributed by atoms with Crippen LogP contribution >= 0.6 is 22.9 Å².